The first-order valence-electron chi connectivity index (χ1n) is 13.7. The Bertz CT molecular complexity index is 1540. The topological polar surface area (TPSA) is 212 Å². The molecular formula is C28H31Cl2N7O9. The molecule has 0 aliphatic carbocycles. The lowest BCUT2D eigenvalue weighted by atomic mass is 10.0. The molecule has 0 unspecified atom stereocenters. The Hall–Kier alpha value is -4.77. The third kappa shape index (κ3) is 10.4. The Labute approximate surface area is 272 Å². The molecule has 16 nitrogen and oxygen atoms in total. The number of imidazole rings is 1. The Morgan fingerprint density at radius 1 is 1.04 bits per heavy atom. The number of nitrogens with zero attached hydrogens (tertiary/aromatic N) is 6. The highest BCUT2D eigenvalue weighted by atomic mass is 35.5. The van der Waals surface area contributed by atoms with E-state index in [9.17, 15) is 0 Å². The number of anilines is 1. The molecule has 1 aliphatic heterocycles. The fraction of sp³-hybridized carbons (Fsp3) is 0.321. The smallest absolute Gasteiger partial charge is 0.291 e. The van der Waals surface area contributed by atoms with E-state index in [0.29, 0.717) is 35.2 Å². The van der Waals surface area contributed by atoms with Gasteiger partial charge in [-0.2, -0.15) is 0 Å². The van der Waals surface area contributed by atoms with E-state index in [1.54, 1.807) is 30.7 Å². The van der Waals surface area contributed by atoms with Crippen LogP contribution < -0.4 is 9.64 Å². The fourth-order valence-corrected chi connectivity index (χ4v) is 5.02. The summed E-state index contributed by atoms with van der Waals surface area (Å²) in [5.41, 5.74) is 2.55. The molecule has 5 rings (SSSR count). The van der Waals surface area contributed by atoms with Gasteiger partial charge in [0.15, 0.2) is 0 Å². The summed E-state index contributed by atoms with van der Waals surface area (Å²) in [6.07, 6.45) is 5.30. The maximum Gasteiger partial charge on any atom is 0.291 e. The van der Waals surface area contributed by atoms with Gasteiger partial charge in [0.05, 0.1) is 23.7 Å². The molecule has 46 heavy (non-hydrogen) atoms. The van der Waals surface area contributed by atoms with Crippen molar-refractivity contribution in [1.29, 1.82) is 0 Å². The van der Waals surface area contributed by atoms with Gasteiger partial charge in [-0.3, -0.25) is 0 Å². The average molecular weight is 681 g/mol. The van der Waals surface area contributed by atoms with E-state index in [1.807, 2.05) is 36.4 Å². The van der Waals surface area contributed by atoms with Crippen molar-refractivity contribution in [2.45, 2.75) is 32.2 Å². The first kappa shape index (κ1) is 35.7. The van der Waals surface area contributed by atoms with Gasteiger partial charge in [-0.15, -0.1) is 20.2 Å². The van der Waals surface area contributed by atoms with Crippen molar-refractivity contribution in [2.24, 2.45) is 0 Å². The monoisotopic (exact) mass is 679 g/mol. The summed E-state index contributed by atoms with van der Waals surface area (Å²) in [5, 5.41) is 28.3. The molecule has 3 N–H and O–H groups in total. The molecule has 18 heteroatoms. The van der Waals surface area contributed by atoms with Crippen molar-refractivity contribution in [3.63, 3.8) is 0 Å². The van der Waals surface area contributed by atoms with Gasteiger partial charge in [0.1, 0.15) is 24.3 Å². The standard InChI is InChI=1S/C28H29Cl2N5O3.2HNO3/c1-3-35(4-2)27-33-12-11-25(34-27)19-5-8-21(9-6-19)36-17-22-18-37-28(38-22,16-26-31-13-14-32-26)23-10-7-20(29)15-24(23)30;2*2-1(3)4/h5-15,22H,3-4,16-18H2,1-2H3,(H,31,32);2*(H,2,3,4)/t22-,28-;;/m1../s1. The summed E-state index contributed by atoms with van der Waals surface area (Å²) < 4.78 is 18.8. The molecule has 2 aromatic carbocycles. The quantitative estimate of drug-likeness (QED) is 0.145. The van der Waals surface area contributed by atoms with Gasteiger partial charge in [0.2, 0.25) is 11.7 Å². The number of H-pyrrole nitrogens is 1. The van der Waals surface area contributed by atoms with Crippen LogP contribution in [-0.2, 0) is 21.7 Å². The van der Waals surface area contributed by atoms with Crippen molar-refractivity contribution in [1.82, 2.24) is 19.9 Å². The number of aromatic nitrogens is 4. The molecule has 0 bridgehead atoms. The molecule has 0 saturated carbocycles. The normalized spacial score (nSPS) is 16.7. The lowest BCUT2D eigenvalue weighted by molar-refractivity contribution is -0.742. The van der Waals surface area contributed by atoms with Crippen molar-refractivity contribution in [2.75, 3.05) is 31.2 Å². The molecule has 2 atom stereocenters. The minimum atomic E-state index is -1.50. The van der Waals surface area contributed by atoms with Gasteiger partial charge in [0.25, 0.3) is 10.2 Å². The molecule has 0 radical (unpaired) electrons. The zero-order chi connectivity index (χ0) is 33.7. The van der Waals surface area contributed by atoms with Gasteiger partial charge in [-0.05, 0) is 56.3 Å². The van der Waals surface area contributed by atoms with Crippen LogP contribution in [0, 0.1) is 20.2 Å². The van der Waals surface area contributed by atoms with Crippen LogP contribution in [-0.4, -0.2) is 72.9 Å². The highest BCUT2D eigenvalue weighted by Crippen LogP contribution is 2.41. The summed E-state index contributed by atoms with van der Waals surface area (Å²) in [5.74, 6) is 1.07. The second kappa shape index (κ2) is 17.1. The summed E-state index contributed by atoms with van der Waals surface area (Å²) in [6, 6.07) is 15.0. The highest BCUT2D eigenvalue weighted by Gasteiger charge is 2.45. The second-order valence-electron chi connectivity index (χ2n) is 9.37. The van der Waals surface area contributed by atoms with Gasteiger partial charge < -0.3 is 34.5 Å². The number of halogens is 2. The van der Waals surface area contributed by atoms with E-state index in [0.717, 1.165) is 41.9 Å². The lowest BCUT2D eigenvalue weighted by Crippen LogP contribution is -2.33. The Kier molecular flexibility index (Phi) is 13.2. The largest absolute Gasteiger partial charge is 0.491 e. The van der Waals surface area contributed by atoms with Gasteiger partial charge >= 0.3 is 0 Å². The van der Waals surface area contributed by atoms with E-state index >= 15 is 0 Å². The van der Waals surface area contributed by atoms with Crippen molar-refractivity contribution < 1.29 is 34.8 Å². The zero-order valence-corrected chi connectivity index (χ0v) is 26.2. The summed E-state index contributed by atoms with van der Waals surface area (Å²) in [6.45, 7) is 6.54. The van der Waals surface area contributed by atoms with E-state index in [2.05, 4.69) is 33.7 Å². The molecule has 0 spiro atoms. The van der Waals surface area contributed by atoms with Crippen LogP contribution in [0.2, 0.25) is 10.0 Å². The molecule has 0 amide bonds. The van der Waals surface area contributed by atoms with Crippen LogP contribution in [0.15, 0.2) is 67.1 Å². The summed E-state index contributed by atoms with van der Waals surface area (Å²) in [4.78, 5) is 35.4. The Morgan fingerprint density at radius 2 is 1.72 bits per heavy atom. The first-order valence-corrected chi connectivity index (χ1v) is 14.4. The summed E-state index contributed by atoms with van der Waals surface area (Å²) >= 11 is 12.7. The van der Waals surface area contributed by atoms with Crippen molar-refractivity contribution >= 4 is 29.2 Å². The lowest BCUT2D eigenvalue weighted by Gasteiger charge is -2.29. The predicted molar refractivity (Wildman–Crippen MR) is 165 cm³/mol. The minimum Gasteiger partial charge on any atom is -0.491 e. The maximum atomic E-state index is 8.36. The molecule has 2 aromatic heterocycles. The van der Waals surface area contributed by atoms with Crippen LogP contribution in [0.3, 0.4) is 0 Å². The van der Waals surface area contributed by atoms with Crippen LogP contribution in [0.1, 0.15) is 25.2 Å². The molecule has 1 saturated heterocycles. The average Bonchev–Trinajstić information content (AvgIpc) is 3.67. The summed E-state index contributed by atoms with van der Waals surface area (Å²) in [7, 11) is 0. The highest BCUT2D eigenvalue weighted by molar-refractivity contribution is 6.35. The fourth-order valence-electron chi connectivity index (χ4n) is 4.47. The zero-order valence-electron chi connectivity index (χ0n) is 24.7. The minimum absolute atomic E-state index is 0.310. The van der Waals surface area contributed by atoms with Crippen molar-refractivity contribution in [3.8, 4) is 17.0 Å². The van der Waals surface area contributed by atoms with E-state index in [4.69, 9.17) is 73.0 Å². The number of hydrogen-bond acceptors (Lipinski definition) is 11. The molecular weight excluding hydrogens is 649 g/mol. The third-order valence-corrected chi connectivity index (χ3v) is 6.98. The molecule has 246 valence electrons. The van der Waals surface area contributed by atoms with E-state index in [-0.39, 0.29) is 6.10 Å². The van der Waals surface area contributed by atoms with E-state index in [1.165, 1.54) is 0 Å². The first-order chi connectivity index (χ1) is 22.0. The predicted octanol–water partition coefficient (Wildman–Crippen LogP) is 5.21. The third-order valence-electron chi connectivity index (χ3n) is 6.43. The van der Waals surface area contributed by atoms with Crippen molar-refractivity contribution in [3.05, 3.63) is 109 Å². The Balaban J connectivity index is 0.000000647. The van der Waals surface area contributed by atoms with Crippen LogP contribution in [0.25, 0.3) is 11.3 Å². The number of ether oxygens (including phenoxy) is 3. The van der Waals surface area contributed by atoms with Gasteiger partial charge in [0, 0.05) is 47.8 Å². The van der Waals surface area contributed by atoms with Crippen LogP contribution in [0.5, 0.6) is 5.75 Å². The number of rotatable bonds is 10. The Morgan fingerprint density at radius 3 is 2.30 bits per heavy atom. The van der Waals surface area contributed by atoms with Crippen LogP contribution in [0.4, 0.5) is 5.95 Å². The number of hydrogen-bond donors (Lipinski definition) is 3. The molecule has 3 heterocycles. The molecule has 4 aromatic rings. The van der Waals surface area contributed by atoms with Crippen LogP contribution >= 0.6 is 23.2 Å². The van der Waals surface area contributed by atoms with Gasteiger partial charge in [-0.1, -0.05) is 29.3 Å². The number of aromatic amines is 1. The maximum absolute atomic E-state index is 8.36. The van der Waals surface area contributed by atoms with E-state index < -0.39 is 16.0 Å². The number of nitrogens with one attached hydrogen (secondary N) is 1. The molecule has 1 fully saturated rings. The van der Waals surface area contributed by atoms with Gasteiger partial charge in [-0.25, -0.2) is 15.0 Å². The number of benzene rings is 2. The molecule has 1 aliphatic rings. The SMILES string of the molecule is CCN(CC)c1nccc(-c2ccc(OC[C@@H]3CO[C@@](Cc4ncc[nH]4)(c4ccc(Cl)cc4Cl)O3)cc2)n1.O=[N+]([O-])O.O=[N+]([O-])O. The second-order valence-corrected chi connectivity index (χ2v) is 10.2.